The van der Waals surface area contributed by atoms with Gasteiger partial charge in [-0.25, -0.2) is 0 Å². The van der Waals surface area contributed by atoms with E-state index >= 15 is 0 Å². The van der Waals surface area contributed by atoms with Crippen molar-refractivity contribution in [2.24, 2.45) is 0 Å². The van der Waals surface area contributed by atoms with Gasteiger partial charge in [0.2, 0.25) is 0 Å². The van der Waals surface area contributed by atoms with Crippen molar-refractivity contribution < 1.29 is 4.92 Å². The Morgan fingerprint density at radius 2 is 2.25 bits per heavy atom. The van der Waals surface area contributed by atoms with Gasteiger partial charge in [0.05, 0.1) is 10.3 Å². The zero-order valence-electron chi connectivity index (χ0n) is 11.2. The molecule has 2 aromatic rings. The van der Waals surface area contributed by atoms with Crippen LogP contribution in [-0.4, -0.2) is 16.5 Å². The van der Waals surface area contributed by atoms with E-state index in [1.165, 1.54) is 6.07 Å². The minimum atomic E-state index is -0.387. The van der Waals surface area contributed by atoms with E-state index in [1.807, 2.05) is 13.0 Å². The predicted octanol–water partition coefficient (Wildman–Crippen LogP) is 3.28. The van der Waals surface area contributed by atoms with Crippen molar-refractivity contribution in [3.8, 4) is 12.3 Å². The average Bonchev–Trinajstić information content (AvgIpc) is 2.43. The Morgan fingerprint density at radius 3 is 2.95 bits per heavy atom. The molecule has 0 aliphatic heterocycles. The number of anilines is 1. The lowest BCUT2D eigenvalue weighted by atomic mass is 10.1. The molecule has 1 aromatic heterocycles. The van der Waals surface area contributed by atoms with Crippen LogP contribution < -0.4 is 5.32 Å². The van der Waals surface area contributed by atoms with Crippen LogP contribution >= 0.6 is 0 Å². The third kappa shape index (κ3) is 2.86. The molecule has 0 atom stereocenters. The van der Waals surface area contributed by atoms with E-state index in [0.717, 1.165) is 29.7 Å². The molecule has 0 bridgehead atoms. The fraction of sp³-hybridized carbons (Fsp3) is 0.267. The van der Waals surface area contributed by atoms with Crippen LogP contribution in [0.2, 0.25) is 0 Å². The second kappa shape index (κ2) is 6.02. The highest BCUT2D eigenvalue weighted by Gasteiger charge is 2.14. The summed E-state index contributed by atoms with van der Waals surface area (Å²) >= 11 is 0. The molecule has 0 saturated carbocycles. The molecule has 2 rings (SSSR count). The third-order valence-electron chi connectivity index (χ3n) is 3.02. The van der Waals surface area contributed by atoms with Crippen LogP contribution in [-0.2, 0) is 0 Å². The lowest BCUT2D eigenvalue weighted by Gasteiger charge is -2.10. The summed E-state index contributed by atoms with van der Waals surface area (Å²) < 4.78 is 0. The van der Waals surface area contributed by atoms with Gasteiger partial charge >= 0.3 is 0 Å². The maximum atomic E-state index is 11.0. The monoisotopic (exact) mass is 269 g/mol. The molecule has 1 heterocycles. The molecule has 0 radical (unpaired) electrons. The predicted molar refractivity (Wildman–Crippen MR) is 79.7 cm³/mol. The normalized spacial score (nSPS) is 10.2. The number of nitrogens with one attached hydrogen (secondary N) is 1. The third-order valence-corrected chi connectivity index (χ3v) is 3.02. The van der Waals surface area contributed by atoms with Gasteiger partial charge < -0.3 is 5.32 Å². The van der Waals surface area contributed by atoms with E-state index in [2.05, 4.69) is 16.2 Å². The maximum absolute atomic E-state index is 11.0. The highest BCUT2D eigenvalue weighted by Crippen LogP contribution is 2.31. The second-order valence-electron chi connectivity index (χ2n) is 4.50. The molecule has 0 aliphatic rings. The number of benzene rings is 1. The molecule has 20 heavy (non-hydrogen) atoms. The molecule has 0 amide bonds. The highest BCUT2D eigenvalue weighted by atomic mass is 16.6. The van der Waals surface area contributed by atoms with Crippen LogP contribution in [0.4, 0.5) is 11.4 Å². The number of unbranched alkanes of at least 4 members (excludes halogenated alkanes) is 1. The summed E-state index contributed by atoms with van der Waals surface area (Å²) in [5.41, 5.74) is 1.76. The van der Waals surface area contributed by atoms with Crippen molar-refractivity contribution in [2.75, 3.05) is 11.9 Å². The number of aryl methyl sites for hydroxylation is 1. The number of hydrogen-bond acceptors (Lipinski definition) is 4. The van der Waals surface area contributed by atoms with Crippen LogP contribution in [0.5, 0.6) is 0 Å². The van der Waals surface area contributed by atoms with Gasteiger partial charge in [0.1, 0.15) is 0 Å². The Morgan fingerprint density at radius 1 is 1.45 bits per heavy atom. The van der Waals surface area contributed by atoms with Crippen LogP contribution in [0.1, 0.15) is 18.5 Å². The van der Waals surface area contributed by atoms with Gasteiger partial charge in [-0.3, -0.25) is 15.1 Å². The second-order valence-corrected chi connectivity index (χ2v) is 4.50. The summed E-state index contributed by atoms with van der Waals surface area (Å²) in [4.78, 5) is 14.8. The molecule has 0 spiro atoms. The highest BCUT2D eigenvalue weighted by molar-refractivity contribution is 5.99. The zero-order chi connectivity index (χ0) is 14.5. The summed E-state index contributed by atoms with van der Waals surface area (Å²) in [5.74, 6) is 2.58. The number of fused-ring (bicyclic) bond motifs is 1. The largest absolute Gasteiger partial charge is 0.385 e. The molecule has 0 unspecified atom stereocenters. The van der Waals surface area contributed by atoms with Crippen molar-refractivity contribution in [3.63, 3.8) is 0 Å². The van der Waals surface area contributed by atoms with E-state index < -0.39 is 0 Å². The standard InChI is InChI=1S/C15H15N3O2/c1-3-4-5-8-16-14-6-7-15(18(19)20)13-10-17-11(2)9-12(13)14/h1,6-7,9-10,16H,4-5,8H2,2H3. The van der Waals surface area contributed by atoms with Gasteiger partial charge in [-0.1, -0.05) is 0 Å². The average molecular weight is 269 g/mol. The summed E-state index contributed by atoms with van der Waals surface area (Å²) in [6, 6.07) is 5.09. The number of hydrogen-bond donors (Lipinski definition) is 1. The number of nitrogens with zero attached hydrogens (tertiary/aromatic N) is 2. The first-order valence-electron chi connectivity index (χ1n) is 6.34. The lowest BCUT2D eigenvalue weighted by molar-refractivity contribution is -0.383. The van der Waals surface area contributed by atoms with Gasteiger partial charge in [-0.15, -0.1) is 12.3 Å². The molecule has 1 N–H and O–H groups in total. The summed E-state index contributed by atoms with van der Waals surface area (Å²) in [7, 11) is 0. The minimum absolute atomic E-state index is 0.0710. The van der Waals surface area contributed by atoms with Crippen molar-refractivity contribution in [1.82, 2.24) is 4.98 Å². The quantitative estimate of drug-likeness (QED) is 0.391. The number of non-ortho nitro benzene ring substituents is 1. The Labute approximate surface area is 117 Å². The smallest absolute Gasteiger partial charge is 0.278 e. The van der Waals surface area contributed by atoms with Gasteiger partial charge in [0, 0.05) is 42.0 Å². The number of nitro benzene ring substituents is 1. The molecule has 0 saturated heterocycles. The molecule has 102 valence electrons. The first-order valence-corrected chi connectivity index (χ1v) is 6.34. The SMILES string of the molecule is C#CCCCNc1ccc([N+](=O)[O-])c2cnc(C)cc12. The van der Waals surface area contributed by atoms with E-state index in [-0.39, 0.29) is 10.6 Å². The summed E-state index contributed by atoms with van der Waals surface area (Å²) in [5, 5.41) is 15.7. The van der Waals surface area contributed by atoms with Crippen molar-refractivity contribution in [1.29, 1.82) is 0 Å². The number of aromatic nitrogens is 1. The maximum Gasteiger partial charge on any atom is 0.278 e. The molecular weight excluding hydrogens is 254 g/mol. The van der Waals surface area contributed by atoms with Gasteiger partial charge in [0.15, 0.2) is 0 Å². The number of terminal acetylenes is 1. The van der Waals surface area contributed by atoms with E-state index in [4.69, 9.17) is 6.42 Å². The molecule has 1 aromatic carbocycles. The Kier molecular flexibility index (Phi) is 4.16. The van der Waals surface area contributed by atoms with Crippen molar-refractivity contribution in [2.45, 2.75) is 19.8 Å². The minimum Gasteiger partial charge on any atom is -0.385 e. The van der Waals surface area contributed by atoms with Crippen LogP contribution in [0.15, 0.2) is 24.4 Å². The Bertz CT molecular complexity index is 689. The number of nitro groups is 1. The first kappa shape index (κ1) is 13.8. The molecular formula is C15H15N3O2. The fourth-order valence-corrected chi connectivity index (χ4v) is 2.06. The lowest BCUT2D eigenvalue weighted by Crippen LogP contribution is -2.02. The fourth-order valence-electron chi connectivity index (χ4n) is 2.06. The summed E-state index contributed by atoms with van der Waals surface area (Å²) in [6.45, 7) is 2.60. The molecule has 5 heteroatoms. The van der Waals surface area contributed by atoms with E-state index in [1.54, 1.807) is 12.3 Å². The number of rotatable bonds is 5. The van der Waals surface area contributed by atoms with Crippen LogP contribution in [0, 0.1) is 29.4 Å². The van der Waals surface area contributed by atoms with Gasteiger partial charge in [-0.2, -0.15) is 0 Å². The van der Waals surface area contributed by atoms with E-state index in [9.17, 15) is 10.1 Å². The molecule has 5 nitrogen and oxygen atoms in total. The van der Waals surface area contributed by atoms with E-state index in [0.29, 0.717) is 11.8 Å². The Hall–Kier alpha value is -2.61. The topological polar surface area (TPSA) is 68.1 Å². The number of pyridine rings is 1. The van der Waals surface area contributed by atoms with Crippen molar-refractivity contribution in [3.05, 3.63) is 40.2 Å². The molecule has 0 fully saturated rings. The Balaban J connectivity index is 2.40. The molecule has 0 aliphatic carbocycles. The zero-order valence-corrected chi connectivity index (χ0v) is 11.2. The summed E-state index contributed by atoms with van der Waals surface area (Å²) in [6.07, 6.45) is 8.33. The van der Waals surface area contributed by atoms with Gasteiger partial charge in [0.25, 0.3) is 5.69 Å². The van der Waals surface area contributed by atoms with Crippen molar-refractivity contribution >= 4 is 22.1 Å². The van der Waals surface area contributed by atoms with Crippen LogP contribution in [0.25, 0.3) is 10.8 Å². The first-order chi connectivity index (χ1) is 9.63. The van der Waals surface area contributed by atoms with Gasteiger partial charge in [-0.05, 0) is 25.5 Å². The van der Waals surface area contributed by atoms with Crippen LogP contribution in [0.3, 0.4) is 0 Å².